The molecule has 0 aliphatic carbocycles. The van der Waals surface area contributed by atoms with Crippen molar-refractivity contribution in [1.82, 2.24) is 15.6 Å². The number of guanidine groups is 1. The molecule has 2 rings (SSSR count). The number of aliphatic imine (C=N–C) groups is 1. The van der Waals surface area contributed by atoms with Gasteiger partial charge in [-0.15, -0.1) is 11.8 Å². The zero-order valence-corrected chi connectivity index (χ0v) is 14.9. The second kappa shape index (κ2) is 9.43. The number of benzene rings is 1. The summed E-state index contributed by atoms with van der Waals surface area (Å²) in [6, 6.07) is 14.1. The molecule has 0 saturated heterocycles. The van der Waals surface area contributed by atoms with Crippen LogP contribution in [-0.2, 0) is 6.54 Å². The van der Waals surface area contributed by atoms with E-state index in [-0.39, 0.29) is 0 Å². The molecule has 4 nitrogen and oxygen atoms in total. The highest BCUT2D eigenvalue weighted by Gasteiger charge is 2.06. The molecule has 1 heterocycles. The molecule has 0 fully saturated rings. The van der Waals surface area contributed by atoms with Gasteiger partial charge in [-0.05, 0) is 23.8 Å². The van der Waals surface area contributed by atoms with Crippen molar-refractivity contribution in [3.05, 3.63) is 59.4 Å². The molecule has 0 aliphatic heterocycles. The van der Waals surface area contributed by atoms with Crippen LogP contribution in [0.2, 0.25) is 5.15 Å². The maximum absolute atomic E-state index is 5.78. The van der Waals surface area contributed by atoms with Crippen molar-refractivity contribution in [3.8, 4) is 0 Å². The van der Waals surface area contributed by atoms with E-state index in [1.807, 2.05) is 23.9 Å². The SMILES string of the molecule is CN=C(NCc1ccc(Cl)nc1)NCC(C)Sc1ccccc1. The van der Waals surface area contributed by atoms with Crippen molar-refractivity contribution in [3.63, 3.8) is 0 Å². The standard InChI is InChI=1S/C17H21ClN4S/c1-13(23-15-6-4-3-5-7-15)10-21-17(19-2)22-12-14-8-9-16(18)20-11-14/h3-9,11,13H,10,12H2,1-2H3,(H2,19,21,22). The topological polar surface area (TPSA) is 49.3 Å². The first kappa shape index (κ1) is 17.6. The fourth-order valence-corrected chi connectivity index (χ4v) is 2.99. The fraction of sp³-hybridized carbons (Fsp3) is 0.294. The number of pyridine rings is 1. The molecule has 1 aromatic carbocycles. The minimum atomic E-state index is 0.438. The van der Waals surface area contributed by atoms with Crippen molar-refractivity contribution < 1.29 is 0 Å². The van der Waals surface area contributed by atoms with Gasteiger partial charge >= 0.3 is 0 Å². The fourth-order valence-electron chi connectivity index (χ4n) is 1.93. The van der Waals surface area contributed by atoms with Gasteiger partial charge in [0.05, 0.1) is 0 Å². The number of aromatic nitrogens is 1. The van der Waals surface area contributed by atoms with Crippen molar-refractivity contribution in [2.75, 3.05) is 13.6 Å². The molecule has 1 aromatic heterocycles. The normalized spacial score (nSPS) is 12.7. The van der Waals surface area contributed by atoms with Crippen LogP contribution >= 0.6 is 23.4 Å². The minimum Gasteiger partial charge on any atom is -0.355 e. The van der Waals surface area contributed by atoms with E-state index in [0.29, 0.717) is 16.9 Å². The summed E-state index contributed by atoms with van der Waals surface area (Å²) in [6.07, 6.45) is 1.76. The Morgan fingerprint density at radius 1 is 1.22 bits per heavy atom. The molecule has 0 saturated carbocycles. The van der Waals surface area contributed by atoms with Gasteiger partial charge < -0.3 is 10.6 Å². The van der Waals surface area contributed by atoms with Gasteiger partial charge in [0.2, 0.25) is 0 Å². The highest BCUT2D eigenvalue weighted by atomic mass is 35.5. The average Bonchev–Trinajstić information content (AvgIpc) is 2.57. The van der Waals surface area contributed by atoms with Gasteiger partial charge in [0.1, 0.15) is 5.15 Å². The number of nitrogens with zero attached hydrogens (tertiary/aromatic N) is 2. The molecule has 0 radical (unpaired) electrons. The van der Waals surface area contributed by atoms with Crippen LogP contribution in [-0.4, -0.2) is 29.8 Å². The van der Waals surface area contributed by atoms with E-state index >= 15 is 0 Å². The highest BCUT2D eigenvalue weighted by molar-refractivity contribution is 8.00. The summed E-state index contributed by atoms with van der Waals surface area (Å²) in [5.74, 6) is 0.778. The average molecular weight is 349 g/mol. The van der Waals surface area contributed by atoms with Crippen molar-refractivity contribution in [2.45, 2.75) is 23.6 Å². The third kappa shape index (κ3) is 6.50. The molecule has 2 N–H and O–H groups in total. The lowest BCUT2D eigenvalue weighted by Gasteiger charge is -2.16. The lowest BCUT2D eigenvalue weighted by Crippen LogP contribution is -2.39. The minimum absolute atomic E-state index is 0.438. The third-order valence-electron chi connectivity index (χ3n) is 3.11. The first-order valence-electron chi connectivity index (χ1n) is 7.44. The Kier molecular flexibility index (Phi) is 7.23. The summed E-state index contributed by atoms with van der Waals surface area (Å²) in [4.78, 5) is 9.58. The van der Waals surface area contributed by atoms with E-state index in [1.165, 1.54) is 4.90 Å². The van der Waals surface area contributed by atoms with E-state index in [2.05, 4.69) is 51.8 Å². The molecular formula is C17H21ClN4S. The number of rotatable bonds is 6. The van der Waals surface area contributed by atoms with Crippen LogP contribution in [0.1, 0.15) is 12.5 Å². The molecule has 1 atom stereocenters. The first-order valence-corrected chi connectivity index (χ1v) is 8.70. The van der Waals surface area contributed by atoms with Gasteiger partial charge in [-0.1, -0.05) is 42.8 Å². The van der Waals surface area contributed by atoms with E-state index in [4.69, 9.17) is 11.6 Å². The molecule has 2 aromatic rings. The number of nitrogens with one attached hydrogen (secondary N) is 2. The first-order chi connectivity index (χ1) is 11.2. The summed E-state index contributed by atoms with van der Waals surface area (Å²) >= 11 is 7.62. The van der Waals surface area contributed by atoms with Crippen molar-refractivity contribution >= 4 is 29.3 Å². The lowest BCUT2D eigenvalue weighted by molar-refractivity contribution is 0.788. The Labute approximate surface area is 146 Å². The molecule has 1 unspecified atom stereocenters. The van der Waals surface area contributed by atoms with Crippen LogP contribution in [0.3, 0.4) is 0 Å². The summed E-state index contributed by atoms with van der Waals surface area (Å²) in [5, 5.41) is 7.55. The summed E-state index contributed by atoms with van der Waals surface area (Å²) in [7, 11) is 1.77. The van der Waals surface area contributed by atoms with Crippen LogP contribution in [0.5, 0.6) is 0 Å². The van der Waals surface area contributed by atoms with Crippen molar-refractivity contribution in [2.24, 2.45) is 4.99 Å². The largest absolute Gasteiger partial charge is 0.355 e. The zero-order chi connectivity index (χ0) is 16.5. The smallest absolute Gasteiger partial charge is 0.191 e. The van der Waals surface area contributed by atoms with Gasteiger partial charge in [0.15, 0.2) is 5.96 Å². The number of thioether (sulfide) groups is 1. The molecule has 0 bridgehead atoms. The molecule has 23 heavy (non-hydrogen) atoms. The molecule has 0 spiro atoms. The maximum atomic E-state index is 5.78. The molecule has 0 amide bonds. The van der Waals surface area contributed by atoms with Gasteiger partial charge in [-0.25, -0.2) is 4.98 Å². The molecular weight excluding hydrogens is 328 g/mol. The Morgan fingerprint density at radius 2 is 2.00 bits per heavy atom. The lowest BCUT2D eigenvalue weighted by atomic mass is 10.3. The van der Waals surface area contributed by atoms with Gasteiger partial charge in [-0.3, -0.25) is 4.99 Å². The van der Waals surface area contributed by atoms with E-state index < -0.39 is 0 Å². The zero-order valence-electron chi connectivity index (χ0n) is 13.3. The maximum Gasteiger partial charge on any atom is 0.191 e. The monoisotopic (exact) mass is 348 g/mol. The Morgan fingerprint density at radius 3 is 2.65 bits per heavy atom. The van der Waals surface area contributed by atoms with Gasteiger partial charge in [-0.2, -0.15) is 0 Å². The van der Waals surface area contributed by atoms with Crippen molar-refractivity contribution in [1.29, 1.82) is 0 Å². The Balaban J connectivity index is 1.75. The number of hydrogen-bond acceptors (Lipinski definition) is 3. The van der Waals surface area contributed by atoms with Crippen LogP contribution in [0.15, 0.2) is 58.5 Å². The predicted molar refractivity (Wildman–Crippen MR) is 99.2 cm³/mol. The third-order valence-corrected chi connectivity index (χ3v) is 4.45. The van der Waals surface area contributed by atoms with E-state index in [0.717, 1.165) is 18.1 Å². The van der Waals surface area contributed by atoms with E-state index in [9.17, 15) is 0 Å². The predicted octanol–water partition coefficient (Wildman–Crippen LogP) is 3.58. The van der Waals surface area contributed by atoms with Crippen LogP contribution in [0, 0.1) is 0 Å². The molecule has 6 heteroatoms. The Hall–Kier alpha value is -1.72. The molecule has 0 aliphatic rings. The number of hydrogen-bond donors (Lipinski definition) is 2. The quantitative estimate of drug-likeness (QED) is 0.362. The second-order valence-electron chi connectivity index (χ2n) is 5.04. The Bertz CT molecular complexity index is 616. The van der Waals surface area contributed by atoms with Crippen LogP contribution < -0.4 is 10.6 Å². The summed E-state index contributed by atoms with van der Waals surface area (Å²) in [6.45, 7) is 3.68. The number of halogens is 1. The van der Waals surface area contributed by atoms with Crippen LogP contribution in [0.4, 0.5) is 0 Å². The van der Waals surface area contributed by atoms with E-state index in [1.54, 1.807) is 19.3 Å². The summed E-state index contributed by atoms with van der Waals surface area (Å²) in [5.41, 5.74) is 1.06. The summed E-state index contributed by atoms with van der Waals surface area (Å²) < 4.78 is 0. The second-order valence-corrected chi connectivity index (χ2v) is 6.94. The van der Waals surface area contributed by atoms with Gasteiger partial charge in [0, 0.05) is 36.5 Å². The van der Waals surface area contributed by atoms with Gasteiger partial charge in [0.25, 0.3) is 0 Å². The molecule has 122 valence electrons. The highest BCUT2D eigenvalue weighted by Crippen LogP contribution is 2.21. The van der Waals surface area contributed by atoms with Crippen LogP contribution in [0.25, 0.3) is 0 Å².